The lowest BCUT2D eigenvalue weighted by Gasteiger charge is -2.06. The van der Waals surface area contributed by atoms with Crippen molar-refractivity contribution in [3.8, 4) is 17.1 Å². The minimum Gasteiger partial charge on any atom is -0.508 e. The molecule has 0 unspecified atom stereocenters. The fraction of sp³-hybridized carbons (Fsp3) is 0.0952. The molecule has 7 heteroatoms. The topological polar surface area (TPSA) is 88.3 Å². The Bertz CT molecular complexity index is 1150. The summed E-state index contributed by atoms with van der Waals surface area (Å²) in [5.74, 6) is 0.812. The van der Waals surface area contributed by atoms with Crippen molar-refractivity contribution in [1.29, 1.82) is 0 Å². The highest BCUT2D eigenvalue weighted by molar-refractivity contribution is 6.30. The van der Waals surface area contributed by atoms with Gasteiger partial charge in [0, 0.05) is 21.7 Å². The highest BCUT2D eigenvalue weighted by Crippen LogP contribution is 2.36. The van der Waals surface area contributed by atoms with Gasteiger partial charge in [0.1, 0.15) is 23.7 Å². The van der Waals surface area contributed by atoms with Gasteiger partial charge in [-0.1, -0.05) is 18.5 Å². The Morgan fingerprint density at radius 1 is 1.11 bits per heavy atom. The molecular weight excluding hydrogens is 378 g/mol. The number of phenolic OH excluding ortho intramolecular Hbond substituents is 1. The summed E-state index contributed by atoms with van der Waals surface area (Å²) in [6, 6.07) is 13.3. The van der Waals surface area contributed by atoms with E-state index in [1.54, 1.807) is 12.1 Å². The van der Waals surface area contributed by atoms with Gasteiger partial charge in [0.15, 0.2) is 0 Å². The molecule has 2 aromatic carbocycles. The molecule has 2 aromatic heterocycles. The van der Waals surface area contributed by atoms with Gasteiger partial charge in [-0.3, -0.25) is 4.79 Å². The SMILES string of the molecule is CCc1c(-c2ccc(Cl)cc2)oc2ncnc(NC(=O)c3ccc(O)cc3)c12. The number of nitrogens with one attached hydrogen (secondary N) is 1. The van der Waals surface area contributed by atoms with Crippen LogP contribution in [0, 0.1) is 0 Å². The maximum Gasteiger partial charge on any atom is 0.256 e. The van der Waals surface area contributed by atoms with Crippen molar-refractivity contribution in [2.24, 2.45) is 0 Å². The quantitative estimate of drug-likeness (QED) is 0.505. The van der Waals surface area contributed by atoms with Gasteiger partial charge in [0.2, 0.25) is 5.71 Å². The molecular formula is C21H16ClN3O3. The largest absolute Gasteiger partial charge is 0.508 e. The number of carbonyl (C=O) groups excluding carboxylic acids is 1. The monoisotopic (exact) mass is 393 g/mol. The van der Waals surface area contributed by atoms with Gasteiger partial charge in [0.25, 0.3) is 5.91 Å². The first kappa shape index (κ1) is 18.0. The second-order valence-electron chi connectivity index (χ2n) is 6.17. The van der Waals surface area contributed by atoms with Gasteiger partial charge < -0.3 is 14.8 Å². The number of fused-ring (bicyclic) bond motifs is 1. The van der Waals surface area contributed by atoms with Gasteiger partial charge in [-0.25, -0.2) is 9.97 Å². The zero-order valence-electron chi connectivity index (χ0n) is 14.9. The van der Waals surface area contributed by atoms with Gasteiger partial charge in [0.05, 0.1) is 5.39 Å². The lowest BCUT2D eigenvalue weighted by molar-refractivity contribution is 0.102. The minimum absolute atomic E-state index is 0.0942. The van der Waals surface area contributed by atoms with Crippen LogP contribution in [-0.2, 0) is 6.42 Å². The van der Waals surface area contributed by atoms with Crippen molar-refractivity contribution in [3.63, 3.8) is 0 Å². The predicted molar refractivity (Wildman–Crippen MR) is 108 cm³/mol. The Morgan fingerprint density at radius 3 is 2.50 bits per heavy atom. The first-order valence-electron chi connectivity index (χ1n) is 8.69. The summed E-state index contributed by atoms with van der Waals surface area (Å²) in [7, 11) is 0. The first-order valence-corrected chi connectivity index (χ1v) is 9.07. The molecule has 6 nitrogen and oxygen atoms in total. The highest BCUT2D eigenvalue weighted by atomic mass is 35.5. The maximum atomic E-state index is 12.6. The van der Waals surface area contributed by atoms with Crippen LogP contribution in [-0.4, -0.2) is 21.0 Å². The van der Waals surface area contributed by atoms with Crippen LogP contribution in [0.1, 0.15) is 22.8 Å². The summed E-state index contributed by atoms with van der Waals surface area (Å²) >= 11 is 5.99. The van der Waals surface area contributed by atoms with E-state index < -0.39 is 0 Å². The molecule has 0 spiro atoms. The molecule has 0 saturated carbocycles. The van der Waals surface area contributed by atoms with E-state index in [-0.39, 0.29) is 11.7 Å². The molecule has 4 aromatic rings. The van der Waals surface area contributed by atoms with Crippen molar-refractivity contribution < 1.29 is 14.3 Å². The number of nitrogens with zero attached hydrogens (tertiary/aromatic N) is 2. The summed E-state index contributed by atoms with van der Waals surface area (Å²) in [5.41, 5.74) is 2.58. The van der Waals surface area contributed by atoms with E-state index in [1.165, 1.54) is 30.6 Å². The van der Waals surface area contributed by atoms with Gasteiger partial charge >= 0.3 is 0 Å². The molecule has 1 amide bonds. The lowest BCUT2D eigenvalue weighted by Crippen LogP contribution is -2.13. The van der Waals surface area contributed by atoms with Crippen molar-refractivity contribution in [1.82, 2.24) is 9.97 Å². The number of hydrogen-bond donors (Lipinski definition) is 2. The third-order valence-electron chi connectivity index (χ3n) is 4.41. The number of carbonyl (C=O) groups is 1. The van der Waals surface area contributed by atoms with E-state index in [1.807, 2.05) is 19.1 Å². The zero-order chi connectivity index (χ0) is 19.7. The number of aromatic hydroxyl groups is 1. The van der Waals surface area contributed by atoms with Crippen LogP contribution in [0.15, 0.2) is 59.3 Å². The Balaban J connectivity index is 1.78. The molecule has 2 N–H and O–H groups in total. The lowest BCUT2D eigenvalue weighted by atomic mass is 10.0. The van der Waals surface area contributed by atoms with Crippen LogP contribution in [0.5, 0.6) is 5.75 Å². The molecule has 2 heterocycles. The number of amides is 1. The number of hydrogen-bond acceptors (Lipinski definition) is 5. The molecule has 0 aliphatic heterocycles. The second kappa shape index (κ2) is 7.32. The number of rotatable bonds is 4. The fourth-order valence-electron chi connectivity index (χ4n) is 3.05. The van der Waals surface area contributed by atoms with E-state index >= 15 is 0 Å². The molecule has 140 valence electrons. The number of furan rings is 1. The van der Waals surface area contributed by atoms with Gasteiger partial charge in [-0.15, -0.1) is 0 Å². The number of aryl methyl sites for hydroxylation is 1. The standard InChI is InChI=1S/C21H16ClN3O3/c1-2-16-17-19(25-20(27)13-5-9-15(26)10-6-13)23-11-24-21(17)28-18(16)12-3-7-14(22)8-4-12/h3-11,26H,2H2,1H3,(H,23,24,25,27). The summed E-state index contributed by atoms with van der Waals surface area (Å²) in [5, 5.41) is 13.5. The van der Waals surface area contributed by atoms with E-state index in [4.69, 9.17) is 16.0 Å². The fourth-order valence-corrected chi connectivity index (χ4v) is 3.18. The zero-order valence-corrected chi connectivity index (χ0v) is 15.7. The summed E-state index contributed by atoms with van der Waals surface area (Å²) in [6.45, 7) is 2.00. The Labute approximate surface area is 165 Å². The molecule has 0 aliphatic rings. The molecule has 0 atom stereocenters. The van der Waals surface area contributed by atoms with E-state index in [9.17, 15) is 9.90 Å². The number of phenols is 1. The Morgan fingerprint density at radius 2 is 1.82 bits per heavy atom. The molecule has 0 aliphatic carbocycles. The second-order valence-corrected chi connectivity index (χ2v) is 6.61. The average Bonchev–Trinajstić information content (AvgIpc) is 3.08. The number of halogens is 1. The van der Waals surface area contributed by atoms with Gasteiger partial charge in [-0.05, 0) is 55.0 Å². The first-order chi connectivity index (χ1) is 13.6. The minimum atomic E-state index is -0.337. The number of aromatic nitrogens is 2. The van der Waals surface area contributed by atoms with E-state index in [0.717, 1.165) is 11.1 Å². The molecule has 0 fully saturated rings. The molecule has 28 heavy (non-hydrogen) atoms. The van der Waals surface area contributed by atoms with Crippen LogP contribution < -0.4 is 5.32 Å². The normalized spacial score (nSPS) is 10.9. The molecule has 0 saturated heterocycles. The molecule has 4 rings (SSSR count). The Hall–Kier alpha value is -3.38. The van der Waals surface area contributed by atoms with Crippen molar-refractivity contribution >= 4 is 34.4 Å². The van der Waals surface area contributed by atoms with E-state index in [0.29, 0.717) is 39.7 Å². The van der Waals surface area contributed by atoms with Crippen LogP contribution in [0.25, 0.3) is 22.4 Å². The average molecular weight is 394 g/mol. The smallest absolute Gasteiger partial charge is 0.256 e. The Kier molecular flexibility index (Phi) is 4.71. The predicted octanol–water partition coefficient (Wildman–Crippen LogP) is 5.06. The van der Waals surface area contributed by atoms with Crippen LogP contribution in [0.3, 0.4) is 0 Å². The third kappa shape index (κ3) is 3.30. The van der Waals surface area contributed by atoms with Gasteiger partial charge in [-0.2, -0.15) is 0 Å². The van der Waals surface area contributed by atoms with Crippen LogP contribution >= 0.6 is 11.6 Å². The van der Waals surface area contributed by atoms with E-state index in [2.05, 4.69) is 15.3 Å². The number of anilines is 1. The summed E-state index contributed by atoms with van der Waals surface area (Å²) < 4.78 is 5.98. The number of benzene rings is 2. The third-order valence-corrected chi connectivity index (χ3v) is 4.66. The summed E-state index contributed by atoms with van der Waals surface area (Å²) in [6.07, 6.45) is 2.02. The van der Waals surface area contributed by atoms with Crippen LogP contribution in [0.4, 0.5) is 5.82 Å². The van der Waals surface area contributed by atoms with Crippen molar-refractivity contribution in [3.05, 3.63) is 71.0 Å². The van der Waals surface area contributed by atoms with Crippen molar-refractivity contribution in [2.45, 2.75) is 13.3 Å². The molecule has 0 radical (unpaired) electrons. The highest BCUT2D eigenvalue weighted by Gasteiger charge is 2.20. The summed E-state index contributed by atoms with van der Waals surface area (Å²) in [4.78, 5) is 21.0. The van der Waals surface area contributed by atoms with Crippen LogP contribution in [0.2, 0.25) is 5.02 Å². The molecule has 0 bridgehead atoms. The maximum absolute atomic E-state index is 12.6. The van der Waals surface area contributed by atoms with Crippen molar-refractivity contribution in [2.75, 3.05) is 5.32 Å².